The van der Waals surface area contributed by atoms with E-state index in [2.05, 4.69) is 19.2 Å². The third kappa shape index (κ3) is 3.66. The van der Waals surface area contributed by atoms with Gasteiger partial charge in [0.05, 0.1) is 17.2 Å². The maximum absolute atomic E-state index is 13.1. The molecule has 0 aromatic heterocycles. The van der Waals surface area contributed by atoms with Crippen molar-refractivity contribution in [1.82, 2.24) is 5.32 Å². The number of rotatable bonds is 5. The summed E-state index contributed by atoms with van der Waals surface area (Å²) in [5.41, 5.74) is 0.189. The van der Waals surface area contributed by atoms with E-state index in [4.69, 9.17) is 11.6 Å². The Morgan fingerprint density at radius 1 is 1.47 bits per heavy atom. The second-order valence-electron chi connectivity index (χ2n) is 4.89. The third-order valence-electron chi connectivity index (χ3n) is 2.77. The molecule has 0 aliphatic carbocycles. The number of benzene rings is 1. The number of hydrogen-bond acceptors (Lipinski definition) is 2. The molecule has 96 valence electrons. The molecule has 0 spiro atoms. The van der Waals surface area contributed by atoms with Crippen molar-refractivity contribution in [3.05, 3.63) is 34.6 Å². The zero-order valence-corrected chi connectivity index (χ0v) is 11.2. The molecule has 1 aromatic carbocycles. The summed E-state index contributed by atoms with van der Waals surface area (Å²) in [4.78, 5) is 0. The fourth-order valence-corrected chi connectivity index (χ4v) is 1.70. The molecule has 0 aliphatic heterocycles. The lowest BCUT2D eigenvalue weighted by molar-refractivity contribution is 0.171. The lowest BCUT2D eigenvalue weighted by Gasteiger charge is -2.30. The maximum Gasteiger partial charge on any atom is 0.141 e. The van der Waals surface area contributed by atoms with Gasteiger partial charge in [-0.15, -0.1) is 0 Å². The van der Waals surface area contributed by atoms with E-state index in [0.717, 1.165) is 12.1 Å². The molecule has 1 unspecified atom stereocenters. The number of aliphatic hydroxyl groups excluding tert-OH is 1. The summed E-state index contributed by atoms with van der Waals surface area (Å²) in [6.07, 6.45) is 0. The lowest BCUT2D eigenvalue weighted by atomic mass is 9.92. The first kappa shape index (κ1) is 14.4. The van der Waals surface area contributed by atoms with E-state index in [1.165, 1.54) is 6.07 Å². The van der Waals surface area contributed by atoms with Crippen LogP contribution in [0.4, 0.5) is 4.39 Å². The van der Waals surface area contributed by atoms with Gasteiger partial charge in [0.1, 0.15) is 5.82 Å². The van der Waals surface area contributed by atoms with Gasteiger partial charge in [0.15, 0.2) is 0 Å². The second kappa shape index (κ2) is 5.80. The quantitative estimate of drug-likeness (QED) is 0.852. The first-order valence-electron chi connectivity index (χ1n) is 5.70. The molecule has 0 aliphatic rings. The number of aliphatic hydroxyl groups is 1. The Bertz CT molecular complexity index is 384. The minimum atomic E-state index is -0.596. The maximum atomic E-state index is 13.1. The van der Waals surface area contributed by atoms with Crippen LogP contribution in [0, 0.1) is 11.7 Å². The molecule has 1 aromatic rings. The van der Waals surface area contributed by atoms with Gasteiger partial charge in [-0.1, -0.05) is 31.5 Å². The van der Waals surface area contributed by atoms with Crippen LogP contribution in [0.2, 0.25) is 5.02 Å². The van der Waals surface area contributed by atoms with Crippen LogP contribution in [0.25, 0.3) is 0 Å². The Balaban J connectivity index is 2.94. The first-order valence-corrected chi connectivity index (χ1v) is 6.08. The van der Waals surface area contributed by atoms with Gasteiger partial charge in [0.2, 0.25) is 0 Å². The number of nitrogens with one attached hydrogen (secondary N) is 1. The summed E-state index contributed by atoms with van der Waals surface area (Å²) >= 11 is 5.76. The zero-order valence-electron chi connectivity index (χ0n) is 10.4. The molecule has 0 saturated heterocycles. The van der Waals surface area contributed by atoms with E-state index in [1.54, 1.807) is 12.1 Å². The molecular formula is C13H19ClFNO. The van der Waals surface area contributed by atoms with Gasteiger partial charge in [0, 0.05) is 0 Å². The van der Waals surface area contributed by atoms with Crippen LogP contribution in [-0.2, 0) is 5.54 Å². The van der Waals surface area contributed by atoms with E-state index in [-0.39, 0.29) is 11.6 Å². The van der Waals surface area contributed by atoms with E-state index in [1.807, 2.05) is 6.92 Å². The van der Waals surface area contributed by atoms with Crippen molar-refractivity contribution in [1.29, 1.82) is 0 Å². The highest BCUT2D eigenvalue weighted by molar-refractivity contribution is 6.30. The Labute approximate surface area is 107 Å². The van der Waals surface area contributed by atoms with Crippen LogP contribution < -0.4 is 5.32 Å². The Morgan fingerprint density at radius 2 is 2.12 bits per heavy atom. The normalized spacial score (nSPS) is 15.0. The second-order valence-corrected chi connectivity index (χ2v) is 5.30. The smallest absolute Gasteiger partial charge is 0.141 e. The number of hydrogen-bond donors (Lipinski definition) is 2. The van der Waals surface area contributed by atoms with Crippen LogP contribution in [0.1, 0.15) is 26.3 Å². The van der Waals surface area contributed by atoms with Gasteiger partial charge in [-0.25, -0.2) is 4.39 Å². The van der Waals surface area contributed by atoms with Gasteiger partial charge in [0.25, 0.3) is 0 Å². The molecule has 0 amide bonds. The highest BCUT2D eigenvalue weighted by Gasteiger charge is 2.26. The minimum absolute atomic E-state index is 0.0678. The van der Waals surface area contributed by atoms with Gasteiger partial charge in [-0.05, 0) is 37.1 Å². The predicted octanol–water partition coefficient (Wildman–Crippen LogP) is 2.93. The molecule has 0 fully saturated rings. The van der Waals surface area contributed by atoms with Crippen molar-refractivity contribution in [2.45, 2.75) is 26.3 Å². The van der Waals surface area contributed by atoms with Crippen LogP contribution >= 0.6 is 11.6 Å². The molecule has 2 N–H and O–H groups in total. The highest BCUT2D eigenvalue weighted by Crippen LogP contribution is 2.25. The average Bonchev–Trinajstić information content (AvgIpc) is 2.29. The fraction of sp³-hybridized carbons (Fsp3) is 0.538. The Hall–Kier alpha value is -0.640. The van der Waals surface area contributed by atoms with Crippen molar-refractivity contribution in [2.24, 2.45) is 5.92 Å². The largest absolute Gasteiger partial charge is 0.394 e. The highest BCUT2D eigenvalue weighted by atomic mass is 35.5. The molecule has 0 heterocycles. The fourth-order valence-electron chi connectivity index (χ4n) is 1.52. The van der Waals surface area contributed by atoms with Gasteiger partial charge in [-0.2, -0.15) is 0 Å². The van der Waals surface area contributed by atoms with Crippen molar-refractivity contribution in [3.8, 4) is 0 Å². The average molecular weight is 260 g/mol. The topological polar surface area (TPSA) is 32.3 Å². The number of halogens is 2. The van der Waals surface area contributed by atoms with E-state index < -0.39 is 11.4 Å². The van der Waals surface area contributed by atoms with Crippen molar-refractivity contribution in [2.75, 3.05) is 13.2 Å². The monoisotopic (exact) mass is 259 g/mol. The van der Waals surface area contributed by atoms with Crippen LogP contribution in [0.5, 0.6) is 0 Å². The molecule has 4 heteroatoms. The molecule has 2 nitrogen and oxygen atoms in total. The molecule has 0 saturated carbocycles. The molecule has 0 radical (unpaired) electrons. The molecule has 1 atom stereocenters. The van der Waals surface area contributed by atoms with Crippen LogP contribution in [-0.4, -0.2) is 18.3 Å². The van der Waals surface area contributed by atoms with Crippen molar-refractivity contribution < 1.29 is 9.50 Å². The van der Waals surface area contributed by atoms with Gasteiger partial charge >= 0.3 is 0 Å². The SMILES string of the molecule is CC(C)CNC(C)(CO)c1ccc(F)c(Cl)c1. The van der Waals surface area contributed by atoms with Gasteiger partial charge in [-0.3, -0.25) is 0 Å². The first-order chi connectivity index (χ1) is 7.89. The third-order valence-corrected chi connectivity index (χ3v) is 3.06. The predicted molar refractivity (Wildman–Crippen MR) is 68.7 cm³/mol. The van der Waals surface area contributed by atoms with E-state index >= 15 is 0 Å². The van der Waals surface area contributed by atoms with Crippen molar-refractivity contribution in [3.63, 3.8) is 0 Å². The summed E-state index contributed by atoms with van der Waals surface area (Å²) in [5, 5.41) is 12.9. The summed E-state index contributed by atoms with van der Waals surface area (Å²) in [7, 11) is 0. The molecule has 17 heavy (non-hydrogen) atoms. The van der Waals surface area contributed by atoms with Crippen molar-refractivity contribution >= 4 is 11.6 Å². The Morgan fingerprint density at radius 3 is 2.59 bits per heavy atom. The zero-order chi connectivity index (χ0) is 13.1. The molecule has 1 rings (SSSR count). The summed E-state index contributed by atoms with van der Waals surface area (Å²) < 4.78 is 13.1. The van der Waals surface area contributed by atoms with E-state index in [0.29, 0.717) is 5.92 Å². The summed E-state index contributed by atoms with van der Waals surface area (Å²) in [5.74, 6) is 0.0244. The lowest BCUT2D eigenvalue weighted by Crippen LogP contribution is -2.44. The van der Waals surface area contributed by atoms with E-state index in [9.17, 15) is 9.50 Å². The minimum Gasteiger partial charge on any atom is -0.394 e. The molecule has 0 bridgehead atoms. The Kier molecular flexibility index (Phi) is 4.92. The van der Waals surface area contributed by atoms with Crippen LogP contribution in [0.15, 0.2) is 18.2 Å². The summed E-state index contributed by atoms with van der Waals surface area (Å²) in [6, 6.07) is 4.52. The van der Waals surface area contributed by atoms with Gasteiger partial charge < -0.3 is 10.4 Å². The van der Waals surface area contributed by atoms with Crippen LogP contribution in [0.3, 0.4) is 0 Å². The molecular weight excluding hydrogens is 241 g/mol. The standard InChI is InChI=1S/C13H19ClFNO/c1-9(2)7-16-13(3,8-17)10-4-5-12(15)11(14)6-10/h4-6,9,16-17H,7-8H2,1-3H3. The summed E-state index contributed by atoms with van der Waals surface area (Å²) in [6.45, 7) is 6.75.